The predicted octanol–water partition coefficient (Wildman–Crippen LogP) is 2.54. The smallest absolute Gasteiger partial charge is 0.328 e. The molecule has 0 aliphatic heterocycles. The van der Waals surface area contributed by atoms with Crippen LogP contribution in [0.2, 0.25) is 0 Å². The third-order valence-electron chi connectivity index (χ3n) is 2.85. The average Bonchev–Trinajstić information content (AvgIpc) is 2.73. The molecule has 0 aliphatic rings. The maximum atomic E-state index is 13.3. The summed E-state index contributed by atoms with van der Waals surface area (Å²) in [5.74, 6) is -1.15. The molecule has 0 radical (unpaired) electrons. The minimum Gasteiger partial charge on any atom is -0.487 e. The Labute approximate surface area is 121 Å². The van der Waals surface area contributed by atoms with E-state index in [0.717, 1.165) is 17.5 Å². The Kier molecular flexibility index (Phi) is 4.37. The fraction of sp³-hybridized carbons (Fsp3) is 0.200. The van der Waals surface area contributed by atoms with Crippen LogP contribution in [0.25, 0.3) is 6.08 Å². The summed E-state index contributed by atoms with van der Waals surface area (Å²) >= 11 is 0. The van der Waals surface area contributed by atoms with Gasteiger partial charge in [-0.1, -0.05) is 0 Å². The fourth-order valence-electron chi connectivity index (χ4n) is 1.89. The van der Waals surface area contributed by atoms with Crippen molar-refractivity contribution in [3.05, 3.63) is 53.1 Å². The molecule has 0 spiro atoms. The molecule has 0 aliphatic carbocycles. The molecule has 2 rings (SSSR count). The molecule has 0 saturated carbocycles. The Balaban J connectivity index is 2.19. The second-order valence-corrected chi connectivity index (χ2v) is 4.54. The van der Waals surface area contributed by atoms with Gasteiger partial charge in [0.1, 0.15) is 18.2 Å². The van der Waals surface area contributed by atoms with Crippen molar-refractivity contribution >= 4 is 12.0 Å². The number of carboxylic acids is 1. The van der Waals surface area contributed by atoms with Crippen molar-refractivity contribution in [2.75, 3.05) is 0 Å². The molecule has 0 bridgehead atoms. The first kappa shape index (κ1) is 14.8. The van der Waals surface area contributed by atoms with Crippen LogP contribution < -0.4 is 4.74 Å². The predicted molar refractivity (Wildman–Crippen MR) is 75.3 cm³/mol. The van der Waals surface area contributed by atoms with E-state index >= 15 is 0 Å². The van der Waals surface area contributed by atoms with Gasteiger partial charge < -0.3 is 9.84 Å². The van der Waals surface area contributed by atoms with Crippen molar-refractivity contribution in [2.45, 2.75) is 13.5 Å². The number of hydrogen-bond acceptors (Lipinski definition) is 3. The Morgan fingerprint density at radius 2 is 2.24 bits per heavy atom. The summed E-state index contributed by atoms with van der Waals surface area (Å²) in [6.07, 6.45) is 2.24. The van der Waals surface area contributed by atoms with Gasteiger partial charge in [0.2, 0.25) is 0 Å². The van der Waals surface area contributed by atoms with E-state index in [1.54, 1.807) is 4.68 Å². The maximum Gasteiger partial charge on any atom is 0.328 e. The van der Waals surface area contributed by atoms with E-state index < -0.39 is 11.8 Å². The second-order valence-electron chi connectivity index (χ2n) is 4.54. The van der Waals surface area contributed by atoms with Crippen LogP contribution in [0.5, 0.6) is 5.75 Å². The van der Waals surface area contributed by atoms with Crippen LogP contribution in [0.15, 0.2) is 30.3 Å². The standard InChI is InChI=1S/C15H15FN2O3/c1-10-7-13(18(2)17-10)9-21-14-5-4-12(16)8-11(14)3-6-15(19)20/h3-8H,9H2,1-2H3,(H,19,20)/b6-3+. The maximum absolute atomic E-state index is 13.3. The first-order chi connectivity index (χ1) is 9.95. The van der Waals surface area contributed by atoms with E-state index in [9.17, 15) is 9.18 Å². The van der Waals surface area contributed by atoms with Crippen molar-refractivity contribution < 1.29 is 19.0 Å². The molecule has 5 nitrogen and oxygen atoms in total. The van der Waals surface area contributed by atoms with Crippen molar-refractivity contribution in [1.82, 2.24) is 9.78 Å². The fourth-order valence-corrected chi connectivity index (χ4v) is 1.89. The molecule has 1 N–H and O–H groups in total. The van der Waals surface area contributed by atoms with Crippen LogP contribution >= 0.6 is 0 Å². The molecular formula is C15H15FN2O3. The number of ether oxygens (including phenoxy) is 1. The number of rotatable bonds is 5. The number of carboxylic acid groups (broad SMARTS) is 1. The molecule has 1 aromatic carbocycles. The molecule has 0 amide bonds. The van der Waals surface area contributed by atoms with Gasteiger partial charge in [-0.3, -0.25) is 4.68 Å². The largest absolute Gasteiger partial charge is 0.487 e. The third-order valence-corrected chi connectivity index (χ3v) is 2.85. The van der Waals surface area contributed by atoms with Gasteiger partial charge in [-0.2, -0.15) is 5.10 Å². The molecule has 21 heavy (non-hydrogen) atoms. The number of aryl methyl sites for hydroxylation is 2. The topological polar surface area (TPSA) is 64.3 Å². The minimum absolute atomic E-state index is 0.261. The molecule has 1 heterocycles. The van der Waals surface area contributed by atoms with Crippen molar-refractivity contribution in [2.24, 2.45) is 7.05 Å². The zero-order chi connectivity index (χ0) is 15.4. The number of aliphatic carboxylic acids is 1. The van der Waals surface area contributed by atoms with Gasteiger partial charge in [0.25, 0.3) is 0 Å². The summed E-state index contributed by atoms with van der Waals surface area (Å²) in [6.45, 7) is 2.14. The number of nitrogens with zero attached hydrogens (tertiary/aromatic N) is 2. The van der Waals surface area contributed by atoms with Crippen molar-refractivity contribution in [3.8, 4) is 5.75 Å². The summed E-state index contributed by atoms with van der Waals surface area (Å²) in [4.78, 5) is 10.6. The Morgan fingerprint density at radius 1 is 1.48 bits per heavy atom. The van der Waals surface area contributed by atoms with Gasteiger partial charge in [-0.15, -0.1) is 0 Å². The highest BCUT2D eigenvalue weighted by Gasteiger charge is 2.07. The van der Waals surface area contributed by atoms with Crippen LogP contribution in [0, 0.1) is 12.7 Å². The number of carbonyl (C=O) groups is 1. The van der Waals surface area contributed by atoms with Gasteiger partial charge in [-0.05, 0) is 37.3 Å². The number of aromatic nitrogens is 2. The van der Waals surface area contributed by atoms with Crippen molar-refractivity contribution in [3.63, 3.8) is 0 Å². The summed E-state index contributed by atoms with van der Waals surface area (Å²) in [5, 5.41) is 12.9. The highest BCUT2D eigenvalue weighted by Crippen LogP contribution is 2.22. The van der Waals surface area contributed by atoms with E-state index in [1.165, 1.54) is 24.3 Å². The van der Waals surface area contributed by atoms with Crippen LogP contribution in [-0.2, 0) is 18.4 Å². The summed E-state index contributed by atoms with van der Waals surface area (Å²) in [7, 11) is 1.81. The van der Waals surface area contributed by atoms with E-state index in [2.05, 4.69) is 5.10 Å². The lowest BCUT2D eigenvalue weighted by atomic mass is 10.2. The zero-order valence-electron chi connectivity index (χ0n) is 11.7. The third kappa shape index (κ3) is 3.92. The Hall–Kier alpha value is -2.63. The Bertz CT molecular complexity index is 692. The minimum atomic E-state index is -1.10. The lowest BCUT2D eigenvalue weighted by Gasteiger charge is -2.09. The first-order valence-electron chi connectivity index (χ1n) is 6.28. The molecule has 6 heteroatoms. The van der Waals surface area contributed by atoms with Gasteiger partial charge in [0.05, 0.1) is 11.4 Å². The Morgan fingerprint density at radius 3 is 2.86 bits per heavy atom. The van der Waals surface area contributed by atoms with E-state index in [1.807, 2.05) is 20.0 Å². The molecule has 0 atom stereocenters. The quantitative estimate of drug-likeness (QED) is 0.859. The lowest BCUT2D eigenvalue weighted by molar-refractivity contribution is -0.131. The highest BCUT2D eigenvalue weighted by molar-refractivity contribution is 5.85. The SMILES string of the molecule is Cc1cc(COc2ccc(F)cc2/C=C/C(=O)O)n(C)n1. The number of hydrogen-bond donors (Lipinski definition) is 1. The highest BCUT2D eigenvalue weighted by atomic mass is 19.1. The summed E-state index contributed by atoms with van der Waals surface area (Å²) < 4.78 is 20.6. The number of halogens is 1. The second kappa shape index (κ2) is 6.21. The first-order valence-corrected chi connectivity index (χ1v) is 6.28. The molecule has 2 aromatic rings. The lowest BCUT2D eigenvalue weighted by Crippen LogP contribution is -2.04. The molecule has 110 valence electrons. The van der Waals surface area contributed by atoms with Gasteiger partial charge in [0, 0.05) is 18.7 Å². The number of benzene rings is 1. The summed E-state index contributed by atoms with van der Waals surface area (Å²) in [6, 6.07) is 5.85. The molecule has 0 fully saturated rings. The summed E-state index contributed by atoms with van der Waals surface area (Å²) in [5.41, 5.74) is 2.11. The van der Waals surface area contributed by atoms with Gasteiger partial charge in [0.15, 0.2) is 0 Å². The molecule has 0 saturated heterocycles. The van der Waals surface area contributed by atoms with E-state index in [4.69, 9.17) is 9.84 Å². The van der Waals surface area contributed by atoms with Gasteiger partial charge >= 0.3 is 5.97 Å². The molecular weight excluding hydrogens is 275 g/mol. The van der Waals surface area contributed by atoms with Crippen LogP contribution in [-0.4, -0.2) is 20.9 Å². The van der Waals surface area contributed by atoms with Crippen LogP contribution in [0.3, 0.4) is 0 Å². The molecule has 0 unspecified atom stereocenters. The van der Waals surface area contributed by atoms with Crippen LogP contribution in [0.4, 0.5) is 4.39 Å². The normalized spacial score (nSPS) is 11.0. The van der Waals surface area contributed by atoms with Crippen LogP contribution in [0.1, 0.15) is 17.0 Å². The monoisotopic (exact) mass is 290 g/mol. The zero-order valence-corrected chi connectivity index (χ0v) is 11.7. The van der Waals surface area contributed by atoms with Crippen molar-refractivity contribution in [1.29, 1.82) is 0 Å². The van der Waals surface area contributed by atoms with E-state index in [-0.39, 0.29) is 6.61 Å². The average molecular weight is 290 g/mol. The van der Waals surface area contributed by atoms with Gasteiger partial charge in [-0.25, -0.2) is 9.18 Å². The van der Waals surface area contributed by atoms with E-state index in [0.29, 0.717) is 11.3 Å². The molecule has 1 aromatic heterocycles.